The van der Waals surface area contributed by atoms with Gasteiger partial charge >= 0.3 is 5.97 Å². The summed E-state index contributed by atoms with van der Waals surface area (Å²) < 4.78 is 5.52. The maximum Gasteiger partial charge on any atom is 0.310 e. The Kier molecular flexibility index (Phi) is 3.44. The number of carboxylic acid groups (broad SMARTS) is 1. The molecule has 7 heteroatoms. The van der Waals surface area contributed by atoms with Crippen LogP contribution in [0.5, 0.6) is 0 Å². The van der Waals surface area contributed by atoms with Gasteiger partial charge in [0.1, 0.15) is 5.92 Å². The second-order valence-corrected chi connectivity index (χ2v) is 5.84. The van der Waals surface area contributed by atoms with E-state index in [0.29, 0.717) is 25.9 Å². The van der Waals surface area contributed by atoms with Crippen molar-refractivity contribution in [1.82, 2.24) is 4.90 Å². The lowest BCUT2D eigenvalue weighted by Crippen LogP contribution is -2.48. The molecule has 3 aliphatic heterocycles. The Morgan fingerprint density at radius 2 is 1.67 bits per heavy atom. The Hall–Kier alpha value is -1.89. The van der Waals surface area contributed by atoms with Gasteiger partial charge < -0.3 is 20.5 Å². The maximum atomic E-state index is 12.6. The first-order valence-corrected chi connectivity index (χ1v) is 7.13. The van der Waals surface area contributed by atoms with Crippen LogP contribution in [-0.2, 0) is 19.1 Å². The molecule has 3 aliphatic rings. The number of hydrogen-bond acceptors (Lipinski definition) is 4. The second-order valence-electron chi connectivity index (χ2n) is 5.84. The Morgan fingerprint density at radius 3 is 2.19 bits per heavy atom. The molecule has 2 fully saturated rings. The Balaban J connectivity index is 1.70. The van der Waals surface area contributed by atoms with Crippen LogP contribution in [0.1, 0.15) is 12.8 Å². The highest BCUT2D eigenvalue weighted by Crippen LogP contribution is 2.40. The molecule has 0 aromatic carbocycles. The van der Waals surface area contributed by atoms with Crippen LogP contribution in [0.25, 0.3) is 0 Å². The second kappa shape index (κ2) is 5.14. The van der Waals surface area contributed by atoms with Crippen LogP contribution in [0.4, 0.5) is 0 Å². The van der Waals surface area contributed by atoms with E-state index in [4.69, 9.17) is 10.5 Å². The number of amides is 2. The molecule has 3 N–H and O–H groups in total. The number of carboxylic acids is 1. The lowest BCUT2D eigenvalue weighted by atomic mass is 9.81. The number of likely N-dealkylation sites (tertiary alicyclic amines) is 1. The van der Waals surface area contributed by atoms with Gasteiger partial charge in [0.05, 0.1) is 18.1 Å². The number of carbonyl (C=O) groups excluding carboxylic acids is 2. The number of nitrogens with zero attached hydrogens (tertiary/aromatic N) is 1. The molecule has 0 aromatic rings. The summed E-state index contributed by atoms with van der Waals surface area (Å²) in [5.41, 5.74) is 5.27. The number of rotatable bonds is 3. The van der Waals surface area contributed by atoms with E-state index in [1.165, 1.54) is 0 Å². The van der Waals surface area contributed by atoms with Crippen LogP contribution < -0.4 is 5.73 Å². The quantitative estimate of drug-likeness (QED) is 0.673. The Labute approximate surface area is 121 Å². The van der Waals surface area contributed by atoms with Crippen LogP contribution in [0.3, 0.4) is 0 Å². The molecule has 21 heavy (non-hydrogen) atoms. The van der Waals surface area contributed by atoms with Gasteiger partial charge in [-0.05, 0) is 12.8 Å². The fourth-order valence-corrected chi connectivity index (χ4v) is 3.49. The zero-order chi connectivity index (χ0) is 15.1. The van der Waals surface area contributed by atoms with E-state index in [0.717, 1.165) is 0 Å². The SMILES string of the molecule is NC(=O)C1CCN(C(=O)[C@H]2[C@@H](C(=O)O)[C@H]3C=C[C@@H]2O3)CC1. The summed E-state index contributed by atoms with van der Waals surface area (Å²) >= 11 is 0. The first kappa shape index (κ1) is 14.1. The fourth-order valence-electron chi connectivity index (χ4n) is 3.49. The number of nitrogens with two attached hydrogens (primary N) is 1. The zero-order valence-electron chi connectivity index (χ0n) is 11.5. The van der Waals surface area contributed by atoms with E-state index >= 15 is 0 Å². The molecule has 0 saturated carbocycles. The minimum atomic E-state index is -1.00. The van der Waals surface area contributed by atoms with E-state index in [1.807, 2.05) is 0 Å². The van der Waals surface area contributed by atoms with Crippen molar-refractivity contribution in [2.45, 2.75) is 25.0 Å². The standard InChI is InChI=1S/C14H18N2O5/c15-12(17)7-3-5-16(6-4-7)13(18)10-8-1-2-9(21-8)11(10)14(19)20/h1-2,7-11H,3-6H2,(H2,15,17)(H,19,20)/t8-,9+,10+,11-/m0/s1. The van der Waals surface area contributed by atoms with Crippen molar-refractivity contribution in [3.8, 4) is 0 Å². The summed E-state index contributed by atoms with van der Waals surface area (Å²) in [5.74, 6) is -3.21. The summed E-state index contributed by atoms with van der Waals surface area (Å²) in [7, 11) is 0. The van der Waals surface area contributed by atoms with E-state index in [2.05, 4.69) is 0 Å². The van der Waals surface area contributed by atoms with Crippen molar-refractivity contribution >= 4 is 17.8 Å². The van der Waals surface area contributed by atoms with Crippen molar-refractivity contribution < 1.29 is 24.2 Å². The minimum absolute atomic E-state index is 0.192. The van der Waals surface area contributed by atoms with E-state index in [1.54, 1.807) is 17.1 Å². The van der Waals surface area contributed by atoms with Gasteiger partial charge in [-0.1, -0.05) is 12.2 Å². The van der Waals surface area contributed by atoms with Crippen LogP contribution in [-0.4, -0.2) is 53.1 Å². The molecule has 0 radical (unpaired) electrons. The van der Waals surface area contributed by atoms with Crippen molar-refractivity contribution in [2.75, 3.05) is 13.1 Å². The average molecular weight is 294 g/mol. The number of carbonyl (C=O) groups is 3. The van der Waals surface area contributed by atoms with Gasteiger partial charge in [0, 0.05) is 19.0 Å². The number of hydrogen-bond donors (Lipinski definition) is 2. The summed E-state index contributed by atoms with van der Waals surface area (Å²) in [6, 6.07) is 0. The maximum absolute atomic E-state index is 12.6. The predicted molar refractivity (Wildman–Crippen MR) is 70.9 cm³/mol. The molecular formula is C14H18N2O5. The van der Waals surface area contributed by atoms with Crippen LogP contribution in [0, 0.1) is 17.8 Å². The van der Waals surface area contributed by atoms with Gasteiger partial charge in [-0.2, -0.15) is 0 Å². The lowest BCUT2D eigenvalue weighted by molar-refractivity contribution is -0.150. The third kappa shape index (κ3) is 2.31. The van der Waals surface area contributed by atoms with Gasteiger partial charge in [0.2, 0.25) is 11.8 Å². The molecule has 0 spiro atoms. The lowest BCUT2D eigenvalue weighted by Gasteiger charge is -2.34. The highest BCUT2D eigenvalue weighted by molar-refractivity contribution is 5.87. The number of fused-ring (bicyclic) bond motifs is 2. The van der Waals surface area contributed by atoms with E-state index < -0.39 is 30.0 Å². The number of aliphatic carboxylic acids is 1. The third-order valence-electron chi connectivity index (χ3n) is 4.68. The van der Waals surface area contributed by atoms with E-state index in [-0.39, 0.29) is 17.7 Å². The first-order chi connectivity index (χ1) is 9.99. The number of ether oxygens (including phenoxy) is 1. The molecule has 0 aromatic heterocycles. The Morgan fingerprint density at radius 1 is 1.10 bits per heavy atom. The molecule has 3 heterocycles. The van der Waals surface area contributed by atoms with Gasteiger partial charge in [-0.3, -0.25) is 14.4 Å². The molecule has 2 saturated heterocycles. The molecule has 3 rings (SSSR count). The van der Waals surface area contributed by atoms with E-state index in [9.17, 15) is 19.5 Å². The van der Waals surface area contributed by atoms with Crippen molar-refractivity contribution in [3.63, 3.8) is 0 Å². The third-order valence-corrected chi connectivity index (χ3v) is 4.68. The van der Waals surface area contributed by atoms with Gasteiger partial charge in [-0.25, -0.2) is 0 Å². The molecule has 2 amide bonds. The first-order valence-electron chi connectivity index (χ1n) is 7.13. The largest absolute Gasteiger partial charge is 0.481 e. The molecule has 0 unspecified atom stereocenters. The topological polar surface area (TPSA) is 110 Å². The number of piperidine rings is 1. The highest BCUT2D eigenvalue weighted by atomic mass is 16.5. The average Bonchev–Trinajstić information content (AvgIpc) is 3.07. The van der Waals surface area contributed by atoms with Crippen molar-refractivity contribution in [2.24, 2.45) is 23.5 Å². The van der Waals surface area contributed by atoms with Gasteiger partial charge in [0.15, 0.2) is 0 Å². The monoisotopic (exact) mass is 294 g/mol. The van der Waals surface area contributed by atoms with Crippen LogP contribution in [0.2, 0.25) is 0 Å². The molecule has 2 bridgehead atoms. The van der Waals surface area contributed by atoms with Gasteiger partial charge in [0.25, 0.3) is 0 Å². The normalized spacial score (nSPS) is 35.1. The molecule has 0 aliphatic carbocycles. The van der Waals surface area contributed by atoms with Crippen LogP contribution in [0.15, 0.2) is 12.2 Å². The molecule has 4 atom stereocenters. The molecule has 114 valence electrons. The van der Waals surface area contributed by atoms with Gasteiger partial charge in [-0.15, -0.1) is 0 Å². The van der Waals surface area contributed by atoms with Crippen molar-refractivity contribution in [1.29, 1.82) is 0 Å². The number of primary amides is 1. The zero-order valence-corrected chi connectivity index (χ0v) is 11.5. The molecular weight excluding hydrogens is 276 g/mol. The predicted octanol–water partition coefficient (Wildman–Crippen LogP) is -0.635. The highest BCUT2D eigenvalue weighted by Gasteiger charge is 2.54. The van der Waals surface area contributed by atoms with Crippen LogP contribution >= 0.6 is 0 Å². The summed E-state index contributed by atoms with van der Waals surface area (Å²) in [6.45, 7) is 0.882. The smallest absolute Gasteiger partial charge is 0.310 e. The summed E-state index contributed by atoms with van der Waals surface area (Å²) in [6.07, 6.45) is 3.60. The summed E-state index contributed by atoms with van der Waals surface area (Å²) in [4.78, 5) is 36.8. The summed E-state index contributed by atoms with van der Waals surface area (Å²) in [5, 5.41) is 9.32. The molecule has 7 nitrogen and oxygen atoms in total. The fraction of sp³-hybridized carbons (Fsp3) is 0.643. The minimum Gasteiger partial charge on any atom is -0.481 e. The Bertz CT molecular complexity index is 509. The van der Waals surface area contributed by atoms with Crippen molar-refractivity contribution in [3.05, 3.63) is 12.2 Å².